The average molecular weight is 237 g/mol. The maximum Gasteiger partial charge on any atom is 0.318 e. The van der Waals surface area contributed by atoms with Gasteiger partial charge in [0.05, 0.1) is 0 Å². The van der Waals surface area contributed by atoms with Crippen LogP contribution in [0.4, 0.5) is 0 Å². The van der Waals surface area contributed by atoms with Crippen molar-refractivity contribution in [2.24, 2.45) is 0 Å². The molecule has 0 aliphatic rings. The number of nitrogens with zero attached hydrogens (tertiary/aromatic N) is 2. The standard InChI is InChI=1S/C5H7N3O4S2/c1-3-7-8-5(13-3)14(11,12)6-2-4(9)10/h6H,2H2,1H3,(H,9,10). The van der Waals surface area contributed by atoms with Gasteiger partial charge in [-0.25, -0.2) is 8.42 Å². The monoisotopic (exact) mass is 237 g/mol. The van der Waals surface area contributed by atoms with Crippen molar-refractivity contribution in [1.82, 2.24) is 14.9 Å². The third-order valence-corrected chi connectivity index (χ3v) is 3.76. The Morgan fingerprint density at radius 1 is 1.57 bits per heavy atom. The average Bonchev–Trinajstić information content (AvgIpc) is 2.49. The Morgan fingerprint density at radius 3 is 2.64 bits per heavy atom. The second-order valence-electron chi connectivity index (χ2n) is 2.31. The Hall–Kier alpha value is -1.06. The predicted molar refractivity (Wildman–Crippen MR) is 47.5 cm³/mol. The predicted octanol–water partition coefficient (Wildman–Crippen LogP) is -0.791. The summed E-state index contributed by atoms with van der Waals surface area (Å²) in [5.74, 6) is -1.25. The molecule has 2 N–H and O–H groups in total. The van der Waals surface area contributed by atoms with Crippen LogP contribution in [0.5, 0.6) is 0 Å². The van der Waals surface area contributed by atoms with Gasteiger partial charge in [-0.3, -0.25) is 4.79 Å². The summed E-state index contributed by atoms with van der Waals surface area (Å²) in [6.45, 7) is 0.939. The van der Waals surface area contributed by atoms with E-state index in [1.54, 1.807) is 6.92 Å². The maximum absolute atomic E-state index is 11.3. The number of hydrogen-bond donors (Lipinski definition) is 2. The van der Waals surface area contributed by atoms with Gasteiger partial charge in [-0.1, -0.05) is 11.3 Å². The summed E-state index contributed by atoms with van der Waals surface area (Å²) in [5, 5.41) is 15.7. The van der Waals surface area contributed by atoms with Crippen LogP contribution in [0.3, 0.4) is 0 Å². The van der Waals surface area contributed by atoms with Crippen LogP contribution in [0, 0.1) is 6.92 Å². The van der Waals surface area contributed by atoms with E-state index >= 15 is 0 Å². The lowest BCUT2D eigenvalue weighted by Crippen LogP contribution is -2.29. The van der Waals surface area contributed by atoms with E-state index < -0.39 is 22.5 Å². The van der Waals surface area contributed by atoms with Crippen molar-refractivity contribution in [3.05, 3.63) is 5.01 Å². The first-order valence-electron chi connectivity index (χ1n) is 3.43. The molecule has 78 valence electrons. The van der Waals surface area contributed by atoms with E-state index in [2.05, 4.69) is 10.2 Å². The molecule has 0 unspecified atom stereocenters. The first-order valence-corrected chi connectivity index (χ1v) is 5.73. The first-order chi connectivity index (χ1) is 6.42. The molecule has 0 aromatic carbocycles. The fourth-order valence-electron chi connectivity index (χ4n) is 0.606. The summed E-state index contributed by atoms with van der Waals surface area (Å²) in [4.78, 5) is 10.1. The van der Waals surface area contributed by atoms with Gasteiger partial charge >= 0.3 is 5.97 Å². The minimum atomic E-state index is -3.82. The zero-order valence-electron chi connectivity index (χ0n) is 7.09. The smallest absolute Gasteiger partial charge is 0.318 e. The number of sulfonamides is 1. The highest BCUT2D eigenvalue weighted by Gasteiger charge is 2.19. The molecule has 0 fully saturated rings. The van der Waals surface area contributed by atoms with Crippen molar-refractivity contribution < 1.29 is 18.3 Å². The zero-order valence-corrected chi connectivity index (χ0v) is 8.72. The van der Waals surface area contributed by atoms with Gasteiger partial charge in [0.2, 0.25) is 4.34 Å². The second kappa shape index (κ2) is 3.98. The molecule has 1 heterocycles. The molecule has 0 atom stereocenters. The van der Waals surface area contributed by atoms with Crippen LogP contribution < -0.4 is 4.72 Å². The van der Waals surface area contributed by atoms with Gasteiger partial charge in [-0.2, -0.15) is 4.72 Å². The number of carbonyl (C=O) groups is 1. The summed E-state index contributed by atoms with van der Waals surface area (Å²) in [6.07, 6.45) is 0. The van der Waals surface area contributed by atoms with Gasteiger partial charge in [-0.05, 0) is 6.92 Å². The fourth-order valence-corrected chi connectivity index (χ4v) is 2.58. The van der Waals surface area contributed by atoms with Crippen LogP contribution in [-0.2, 0) is 14.8 Å². The number of aromatic nitrogens is 2. The number of aryl methyl sites for hydroxylation is 1. The molecule has 1 aromatic heterocycles. The molecule has 1 aromatic rings. The third kappa shape index (κ3) is 2.72. The molecule has 0 bridgehead atoms. The van der Waals surface area contributed by atoms with E-state index in [4.69, 9.17) is 5.11 Å². The normalized spacial score (nSPS) is 11.5. The number of carboxylic acid groups (broad SMARTS) is 1. The van der Waals surface area contributed by atoms with Crippen molar-refractivity contribution in [1.29, 1.82) is 0 Å². The molecule has 0 aliphatic heterocycles. The molecule has 9 heteroatoms. The number of hydrogen-bond acceptors (Lipinski definition) is 6. The topological polar surface area (TPSA) is 109 Å². The lowest BCUT2D eigenvalue weighted by atomic mass is 10.7. The van der Waals surface area contributed by atoms with Crippen molar-refractivity contribution in [2.75, 3.05) is 6.54 Å². The highest BCUT2D eigenvalue weighted by atomic mass is 32.2. The van der Waals surface area contributed by atoms with Crippen LogP contribution in [0.2, 0.25) is 0 Å². The Kier molecular flexibility index (Phi) is 3.13. The minimum absolute atomic E-state index is 0.226. The minimum Gasteiger partial charge on any atom is -0.480 e. The molecular formula is C5H7N3O4S2. The van der Waals surface area contributed by atoms with E-state index in [0.717, 1.165) is 11.3 Å². The largest absolute Gasteiger partial charge is 0.480 e. The number of aliphatic carboxylic acids is 1. The fraction of sp³-hybridized carbons (Fsp3) is 0.400. The molecule has 0 aliphatic carbocycles. The summed E-state index contributed by atoms with van der Waals surface area (Å²) < 4.78 is 24.2. The third-order valence-electron chi connectivity index (χ3n) is 1.15. The Labute approximate surface area is 83.8 Å². The molecule has 0 amide bonds. The van der Waals surface area contributed by atoms with Gasteiger partial charge in [0.15, 0.2) is 0 Å². The van der Waals surface area contributed by atoms with Gasteiger partial charge in [0.1, 0.15) is 11.6 Å². The number of rotatable bonds is 4. The molecule has 14 heavy (non-hydrogen) atoms. The number of carboxylic acids is 1. The quantitative estimate of drug-likeness (QED) is 0.710. The van der Waals surface area contributed by atoms with E-state index in [-0.39, 0.29) is 4.34 Å². The summed E-state index contributed by atoms with van der Waals surface area (Å²) >= 11 is 0.881. The van der Waals surface area contributed by atoms with Crippen molar-refractivity contribution in [2.45, 2.75) is 11.3 Å². The van der Waals surface area contributed by atoms with Crippen molar-refractivity contribution >= 4 is 27.3 Å². The summed E-state index contributed by atoms with van der Waals surface area (Å²) in [5.41, 5.74) is 0. The van der Waals surface area contributed by atoms with E-state index in [9.17, 15) is 13.2 Å². The SMILES string of the molecule is Cc1nnc(S(=O)(=O)NCC(=O)O)s1. The van der Waals surface area contributed by atoms with Crippen molar-refractivity contribution in [3.63, 3.8) is 0 Å². The summed E-state index contributed by atoms with van der Waals surface area (Å²) in [6, 6.07) is 0. The van der Waals surface area contributed by atoms with Crippen LogP contribution in [0.15, 0.2) is 4.34 Å². The molecule has 0 radical (unpaired) electrons. The highest BCUT2D eigenvalue weighted by molar-refractivity contribution is 7.91. The Morgan fingerprint density at radius 2 is 2.21 bits per heavy atom. The van der Waals surface area contributed by atoms with Gasteiger partial charge in [-0.15, -0.1) is 10.2 Å². The van der Waals surface area contributed by atoms with Gasteiger partial charge < -0.3 is 5.11 Å². The molecule has 0 saturated heterocycles. The molecular weight excluding hydrogens is 230 g/mol. The Balaban J connectivity index is 2.81. The van der Waals surface area contributed by atoms with E-state index in [0.29, 0.717) is 5.01 Å². The van der Waals surface area contributed by atoms with Crippen molar-refractivity contribution in [3.8, 4) is 0 Å². The number of nitrogens with one attached hydrogen (secondary N) is 1. The van der Waals surface area contributed by atoms with Crippen LogP contribution in [0.25, 0.3) is 0 Å². The molecule has 1 rings (SSSR count). The molecule has 0 spiro atoms. The van der Waals surface area contributed by atoms with Crippen LogP contribution >= 0.6 is 11.3 Å². The summed E-state index contributed by atoms with van der Waals surface area (Å²) in [7, 11) is -3.82. The maximum atomic E-state index is 11.3. The first kappa shape index (κ1) is 11.0. The molecule has 0 saturated carbocycles. The zero-order chi connectivity index (χ0) is 10.8. The second-order valence-corrected chi connectivity index (χ2v) is 5.43. The Bertz CT molecular complexity index is 438. The van der Waals surface area contributed by atoms with Gasteiger partial charge in [0, 0.05) is 0 Å². The lowest BCUT2D eigenvalue weighted by Gasteiger charge is -1.98. The highest BCUT2D eigenvalue weighted by Crippen LogP contribution is 2.13. The molecule has 7 nitrogen and oxygen atoms in total. The van der Waals surface area contributed by atoms with E-state index in [1.165, 1.54) is 0 Å². The lowest BCUT2D eigenvalue weighted by molar-refractivity contribution is -0.135. The van der Waals surface area contributed by atoms with Crippen LogP contribution in [-0.4, -0.2) is 36.2 Å². The van der Waals surface area contributed by atoms with E-state index in [1.807, 2.05) is 4.72 Å². The van der Waals surface area contributed by atoms with Crippen LogP contribution in [0.1, 0.15) is 5.01 Å². The van der Waals surface area contributed by atoms with Gasteiger partial charge in [0.25, 0.3) is 10.0 Å².